The summed E-state index contributed by atoms with van der Waals surface area (Å²) in [5.41, 5.74) is -1.03. The van der Waals surface area contributed by atoms with Crippen molar-refractivity contribution >= 4 is 17.7 Å². The highest BCUT2D eigenvalue weighted by atomic mass is 16.5. The van der Waals surface area contributed by atoms with Crippen LogP contribution in [0.5, 0.6) is 0 Å². The van der Waals surface area contributed by atoms with Crippen LogP contribution in [0.2, 0.25) is 0 Å². The van der Waals surface area contributed by atoms with E-state index < -0.39 is 17.4 Å². The van der Waals surface area contributed by atoms with E-state index >= 15 is 0 Å². The van der Waals surface area contributed by atoms with Gasteiger partial charge in [0, 0.05) is 0 Å². The van der Waals surface area contributed by atoms with Gasteiger partial charge in [-0.15, -0.1) is 0 Å². The van der Waals surface area contributed by atoms with Crippen LogP contribution in [0, 0.1) is 5.92 Å². The van der Waals surface area contributed by atoms with Crippen LogP contribution in [0.15, 0.2) is 0 Å². The molecule has 1 aliphatic carbocycles. The number of methoxy groups -OCH3 is 1. The largest absolute Gasteiger partial charge is 0.467 e. The molecule has 1 unspecified atom stereocenters. The average Bonchev–Trinajstić information content (AvgIpc) is 2.37. The summed E-state index contributed by atoms with van der Waals surface area (Å²) in [7, 11) is 1.32. The lowest BCUT2D eigenvalue weighted by atomic mass is 9.75. The molecule has 0 radical (unpaired) electrons. The van der Waals surface area contributed by atoms with Crippen molar-refractivity contribution in [3.05, 3.63) is 0 Å². The molecule has 0 bridgehead atoms. The second kappa shape index (κ2) is 6.68. The summed E-state index contributed by atoms with van der Waals surface area (Å²) < 4.78 is 4.84. The van der Waals surface area contributed by atoms with Gasteiger partial charge in [-0.05, 0) is 32.6 Å². The van der Waals surface area contributed by atoms with Crippen molar-refractivity contribution in [1.82, 2.24) is 5.32 Å². The molecule has 1 aliphatic rings. The number of carbonyl (C=O) groups is 3. The van der Waals surface area contributed by atoms with Gasteiger partial charge in [-0.1, -0.05) is 19.3 Å². The maximum absolute atomic E-state index is 12.0. The van der Waals surface area contributed by atoms with Gasteiger partial charge in [0.15, 0.2) is 0 Å². The van der Waals surface area contributed by atoms with Crippen LogP contribution in [0.4, 0.5) is 0 Å². The first-order valence-electron chi connectivity index (χ1n) is 6.79. The number of hydrogen-bond acceptors (Lipinski definition) is 4. The number of hydrogen-bond donors (Lipinski definition) is 1. The predicted octanol–water partition coefficient (Wildman–Crippen LogP) is 1.59. The maximum Gasteiger partial charge on any atom is 0.331 e. The molecule has 108 valence electrons. The number of nitrogens with one attached hydrogen (secondary N) is 1. The Bertz CT molecular complexity index is 360. The third-order valence-electron chi connectivity index (χ3n) is 3.84. The highest BCUT2D eigenvalue weighted by molar-refractivity contribution is 5.99. The van der Waals surface area contributed by atoms with Crippen molar-refractivity contribution in [2.45, 2.75) is 57.9 Å². The van der Waals surface area contributed by atoms with Crippen molar-refractivity contribution in [3.63, 3.8) is 0 Å². The molecular weight excluding hydrogens is 246 g/mol. The van der Waals surface area contributed by atoms with Crippen LogP contribution in [-0.2, 0) is 19.1 Å². The average molecular weight is 269 g/mol. The van der Waals surface area contributed by atoms with E-state index in [4.69, 9.17) is 4.74 Å². The summed E-state index contributed by atoms with van der Waals surface area (Å²) in [5, 5.41) is 2.71. The van der Waals surface area contributed by atoms with Gasteiger partial charge < -0.3 is 10.1 Å². The lowest BCUT2D eigenvalue weighted by Gasteiger charge is -2.38. The summed E-state index contributed by atoms with van der Waals surface area (Å²) in [6.07, 6.45) is 4.87. The van der Waals surface area contributed by atoms with E-state index in [1.54, 1.807) is 6.92 Å². The minimum absolute atomic E-state index is 0.0737. The molecule has 0 aliphatic heterocycles. The first kappa shape index (κ1) is 15.7. The monoisotopic (exact) mass is 269 g/mol. The van der Waals surface area contributed by atoms with Gasteiger partial charge >= 0.3 is 5.97 Å². The van der Waals surface area contributed by atoms with Crippen molar-refractivity contribution in [2.75, 3.05) is 7.11 Å². The zero-order chi connectivity index (χ0) is 14.5. The smallest absolute Gasteiger partial charge is 0.331 e. The van der Waals surface area contributed by atoms with Crippen LogP contribution >= 0.6 is 0 Å². The standard InChI is InChI=1S/C14H23NO4/c1-10(16)9-12(17)15-14(2,13(18)19-3)11-7-5-4-6-8-11/h11H,4-9H2,1-3H3,(H,15,17). The van der Waals surface area contributed by atoms with E-state index in [2.05, 4.69) is 5.32 Å². The van der Waals surface area contributed by atoms with Crippen LogP contribution in [0.1, 0.15) is 52.4 Å². The Balaban J connectivity index is 2.82. The molecule has 0 aromatic heterocycles. The topological polar surface area (TPSA) is 72.5 Å². The maximum atomic E-state index is 12.0. The van der Waals surface area contributed by atoms with E-state index in [1.165, 1.54) is 14.0 Å². The summed E-state index contributed by atoms with van der Waals surface area (Å²) in [5.74, 6) is -0.986. The Morgan fingerprint density at radius 2 is 1.79 bits per heavy atom. The molecule has 1 N–H and O–H groups in total. The Kier molecular flexibility index (Phi) is 5.51. The predicted molar refractivity (Wildman–Crippen MR) is 70.4 cm³/mol. The number of ketones is 1. The van der Waals surface area contributed by atoms with E-state index in [1.807, 2.05) is 0 Å². The van der Waals surface area contributed by atoms with Crippen molar-refractivity contribution in [2.24, 2.45) is 5.92 Å². The number of carbonyl (C=O) groups excluding carboxylic acids is 3. The minimum Gasteiger partial charge on any atom is -0.467 e. The molecule has 5 nitrogen and oxygen atoms in total. The molecule has 1 rings (SSSR count). The summed E-state index contributed by atoms with van der Waals surface area (Å²) >= 11 is 0. The zero-order valence-electron chi connectivity index (χ0n) is 12.0. The number of amides is 1. The summed E-state index contributed by atoms with van der Waals surface area (Å²) in [6.45, 7) is 3.06. The number of rotatable bonds is 5. The molecule has 0 aromatic carbocycles. The third kappa shape index (κ3) is 4.04. The fourth-order valence-corrected chi connectivity index (χ4v) is 2.77. The normalized spacial score (nSPS) is 19.3. The molecule has 19 heavy (non-hydrogen) atoms. The van der Waals surface area contributed by atoms with Gasteiger partial charge in [-0.2, -0.15) is 0 Å². The molecule has 0 spiro atoms. The molecule has 0 aromatic rings. The third-order valence-corrected chi connectivity index (χ3v) is 3.84. The first-order chi connectivity index (χ1) is 8.90. The van der Waals surface area contributed by atoms with Crippen LogP contribution in [0.25, 0.3) is 0 Å². The van der Waals surface area contributed by atoms with Crippen molar-refractivity contribution < 1.29 is 19.1 Å². The van der Waals surface area contributed by atoms with Crippen LogP contribution in [0.3, 0.4) is 0 Å². The van der Waals surface area contributed by atoms with E-state index in [9.17, 15) is 14.4 Å². The van der Waals surface area contributed by atoms with E-state index in [-0.39, 0.29) is 18.1 Å². The number of ether oxygens (including phenoxy) is 1. The van der Waals surface area contributed by atoms with E-state index in [0.717, 1.165) is 32.1 Å². The van der Waals surface area contributed by atoms with Gasteiger partial charge in [-0.25, -0.2) is 4.79 Å². The minimum atomic E-state index is -1.03. The van der Waals surface area contributed by atoms with Crippen molar-refractivity contribution in [3.8, 4) is 0 Å². The van der Waals surface area contributed by atoms with Gasteiger partial charge in [0.05, 0.1) is 13.5 Å². The number of Topliss-reactive ketones (excluding diaryl/α,β-unsaturated/α-hetero) is 1. The molecule has 1 fully saturated rings. The molecule has 0 heterocycles. The van der Waals surface area contributed by atoms with Gasteiger partial charge in [0.25, 0.3) is 0 Å². The number of esters is 1. The Hall–Kier alpha value is -1.39. The SMILES string of the molecule is COC(=O)C(C)(NC(=O)CC(C)=O)C1CCCCC1. The quantitative estimate of drug-likeness (QED) is 0.607. The lowest BCUT2D eigenvalue weighted by Crippen LogP contribution is -2.58. The molecule has 0 saturated heterocycles. The highest BCUT2D eigenvalue weighted by Gasteiger charge is 2.43. The van der Waals surface area contributed by atoms with Crippen molar-refractivity contribution in [1.29, 1.82) is 0 Å². The van der Waals surface area contributed by atoms with Gasteiger partial charge in [0.1, 0.15) is 11.3 Å². The Labute approximate surface area is 114 Å². The fourth-order valence-electron chi connectivity index (χ4n) is 2.77. The molecule has 1 amide bonds. The van der Waals surface area contributed by atoms with Gasteiger partial charge in [0.2, 0.25) is 5.91 Å². The van der Waals surface area contributed by atoms with Crippen LogP contribution < -0.4 is 5.32 Å². The summed E-state index contributed by atoms with van der Waals surface area (Å²) in [6, 6.07) is 0. The first-order valence-corrected chi connectivity index (χ1v) is 6.79. The second-order valence-electron chi connectivity index (χ2n) is 5.46. The lowest BCUT2D eigenvalue weighted by molar-refractivity contribution is -0.154. The molecule has 1 saturated carbocycles. The van der Waals surface area contributed by atoms with Crippen LogP contribution in [-0.4, -0.2) is 30.3 Å². The summed E-state index contributed by atoms with van der Waals surface area (Å²) in [4.78, 5) is 34.8. The zero-order valence-corrected chi connectivity index (χ0v) is 12.0. The fraction of sp³-hybridized carbons (Fsp3) is 0.786. The Morgan fingerprint density at radius 3 is 2.26 bits per heavy atom. The highest BCUT2D eigenvalue weighted by Crippen LogP contribution is 2.33. The van der Waals surface area contributed by atoms with E-state index in [0.29, 0.717) is 0 Å². The molecule has 5 heteroatoms. The molecule has 1 atom stereocenters. The second-order valence-corrected chi connectivity index (χ2v) is 5.46. The Morgan fingerprint density at radius 1 is 1.21 bits per heavy atom. The van der Waals surface area contributed by atoms with Gasteiger partial charge in [-0.3, -0.25) is 9.59 Å². The molecular formula is C14H23NO4.